The zero-order valence-electron chi connectivity index (χ0n) is 8.87. The first-order chi connectivity index (χ1) is 7.88. The molecule has 4 heteroatoms. The van der Waals surface area contributed by atoms with E-state index in [1.165, 1.54) is 0 Å². The molecule has 1 heterocycles. The maximum Gasteiger partial charge on any atom is 0.121 e. The van der Waals surface area contributed by atoms with E-state index in [2.05, 4.69) is 15.2 Å². The highest BCUT2D eigenvalue weighted by Crippen LogP contribution is 2.18. The number of nitrogens with zero attached hydrogens (tertiary/aromatic N) is 3. The van der Waals surface area contributed by atoms with Crippen LogP contribution < -0.4 is 4.74 Å². The summed E-state index contributed by atoms with van der Waals surface area (Å²) >= 11 is 0. The number of benzene rings is 1. The van der Waals surface area contributed by atoms with Gasteiger partial charge in [-0.15, -0.1) is 5.10 Å². The molecular formula is C12H11N3O. The molecule has 2 rings (SSSR count). The van der Waals surface area contributed by atoms with Gasteiger partial charge < -0.3 is 4.74 Å². The molecule has 0 aliphatic carbocycles. The predicted octanol–water partition coefficient (Wildman–Crippen LogP) is 2.24. The van der Waals surface area contributed by atoms with Crippen LogP contribution in [0.3, 0.4) is 0 Å². The molecule has 0 aliphatic heterocycles. The predicted molar refractivity (Wildman–Crippen MR) is 62.3 cm³/mol. The standard InChI is InChI=1S/C12H11N3O/c1-16-12-6-2-4-10(8-12)13-9-11-5-3-7-14-15-11/h2-9H,1H3. The summed E-state index contributed by atoms with van der Waals surface area (Å²) < 4.78 is 5.11. The average Bonchev–Trinajstić information content (AvgIpc) is 2.38. The molecule has 1 aromatic carbocycles. The third-order valence-corrected chi connectivity index (χ3v) is 1.99. The molecule has 0 unspecified atom stereocenters. The molecule has 0 saturated carbocycles. The monoisotopic (exact) mass is 213 g/mol. The summed E-state index contributed by atoms with van der Waals surface area (Å²) in [6.45, 7) is 0. The van der Waals surface area contributed by atoms with E-state index in [1.54, 1.807) is 19.5 Å². The second-order valence-corrected chi connectivity index (χ2v) is 3.11. The molecule has 0 spiro atoms. The van der Waals surface area contributed by atoms with Crippen LogP contribution in [0.4, 0.5) is 5.69 Å². The van der Waals surface area contributed by atoms with E-state index in [1.807, 2.05) is 36.4 Å². The minimum Gasteiger partial charge on any atom is -0.497 e. The molecule has 0 N–H and O–H groups in total. The van der Waals surface area contributed by atoms with Crippen molar-refractivity contribution in [3.8, 4) is 5.75 Å². The fraction of sp³-hybridized carbons (Fsp3) is 0.0833. The van der Waals surface area contributed by atoms with Crippen molar-refractivity contribution in [2.45, 2.75) is 0 Å². The molecule has 16 heavy (non-hydrogen) atoms. The quantitative estimate of drug-likeness (QED) is 0.734. The van der Waals surface area contributed by atoms with Crippen molar-refractivity contribution >= 4 is 11.9 Å². The van der Waals surface area contributed by atoms with Gasteiger partial charge in [0, 0.05) is 12.3 Å². The van der Waals surface area contributed by atoms with Crippen LogP contribution in [-0.4, -0.2) is 23.5 Å². The minimum absolute atomic E-state index is 0.727. The van der Waals surface area contributed by atoms with Gasteiger partial charge in [-0.05, 0) is 24.3 Å². The number of aliphatic imine (C=N–C) groups is 1. The van der Waals surface area contributed by atoms with Crippen molar-refractivity contribution in [3.05, 3.63) is 48.3 Å². The summed E-state index contributed by atoms with van der Waals surface area (Å²) in [6.07, 6.45) is 3.30. The molecule has 4 nitrogen and oxygen atoms in total. The van der Waals surface area contributed by atoms with E-state index >= 15 is 0 Å². The number of rotatable bonds is 3. The van der Waals surface area contributed by atoms with Crippen LogP contribution in [0.5, 0.6) is 5.75 Å². The Morgan fingerprint density at radius 3 is 2.94 bits per heavy atom. The van der Waals surface area contributed by atoms with Crippen molar-refractivity contribution in [1.82, 2.24) is 10.2 Å². The van der Waals surface area contributed by atoms with E-state index in [9.17, 15) is 0 Å². The number of hydrogen-bond acceptors (Lipinski definition) is 4. The summed E-state index contributed by atoms with van der Waals surface area (Å²) in [5, 5.41) is 7.67. The van der Waals surface area contributed by atoms with E-state index in [0.29, 0.717) is 0 Å². The Hall–Kier alpha value is -2.23. The van der Waals surface area contributed by atoms with Crippen molar-refractivity contribution in [2.75, 3.05) is 7.11 Å². The van der Waals surface area contributed by atoms with E-state index in [0.717, 1.165) is 17.1 Å². The van der Waals surface area contributed by atoms with Gasteiger partial charge in [0.15, 0.2) is 0 Å². The fourth-order valence-corrected chi connectivity index (χ4v) is 1.21. The molecule has 0 amide bonds. The van der Waals surface area contributed by atoms with Gasteiger partial charge in [0.25, 0.3) is 0 Å². The zero-order chi connectivity index (χ0) is 11.2. The lowest BCUT2D eigenvalue weighted by Gasteiger charge is -1.99. The lowest BCUT2D eigenvalue weighted by Crippen LogP contribution is -1.88. The smallest absolute Gasteiger partial charge is 0.121 e. The Bertz CT molecular complexity index is 483. The first-order valence-corrected chi connectivity index (χ1v) is 4.84. The fourth-order valence-electron chi connectivity index (χ4n) is 1.21. The minimum atomic E-state index is 0.727. The molecule has 0 aliphatic rings. The highest BCUT2D eigenvalue weighted by atomic mass is 16.5. The highest BCUT2D eigenvalue weighted by molar-refractivity contribution is 5.79. The molecule has 1 aromatic heterocycles. The summed E-state index contributed by atoms with van der Waals surface area (Å²) in [4.78, 5) is 4.28. The van der Waals surface area contributed by atoms with Crippen molar-refractivity contribution in [2.24, 2.45) is 4.99 Å². The Kier molecular flexibility index (Phi) is 3.23. The van der Waals surface area contributed by atoms with E-state index in [4.69, 9.17) is 4.74 Å². The molecule has 0 fully saturated rings. The van der Waals surface area contributed by atoms with Crippen LogP contribution in [0.25, 0.3) is 0 Å². The SMILES string of the molecule is COc1cccc(N=Cc2cccnn2)c1. The molecule has 80 valence electrons. The van der Waals surface area contributed by atoms with Crippen LogP contribution >= 0.6 is 0 Å². The molecule has 0 radical (unpaired) electrons. The third-order valence-electron chi connectivity index (χ3n) is 1.99. The number of ether oxygens (including phenoxy) is 1. The first-order valence-electron chi connectivity index (χ1n) is 4.84. The van der Waals surface area contributed by atoms with Gasteiger partial charge in [-0.2, -0.15) is 5.10 Å². The van der Waals surface area contributed by atoms with Gasteiger partial charge >= 0.3 is 0 Å². The van der Waals surface area contributed by atoms with Gasteiger partial charge in [0.2, 0.25) is 0 Å². The molecule has 0 atom stereocenters. The molecule has 0 bridgehead atoms. The summed E-state index contributed by atoms with van der Waals surface area (Å²) in [5.41, 5.74) is 1.55. The van der Waals surface area contributed by atoms with E-state index in [-0.39, 0.29) is 0 Å². The van der Waals surface area contributed by atoms with Crippen LogP contribution in [0.1, 0.15) is 5.69 Å². The molecule has 0 saturated heterocycles. The number of hydrogen-bond donors (Lipinski definition) is 0. The highest BCUT2D eigenvalue weighted by Gasteiger charge is 1.93. The average molecular weight is 213 g/mol. The van der Waals surface area contributed by atoms with Gasteiger partial charge in [-0.25, -0.2) is 0 Å². The van der Waals surface area contributed by atoms with Crippen LogP contribution in [0, 0.1) is 0 Å². The largest absolute Gasteiger partial charge is 0.497 e. The third kappa shape index (κ3) is 2.63. The van der Waals surface area contributed by atoms with E-state index < -0.39 is 0 Å². The van der Waals surface area contributed by atoms with Crippen LogP contribution in [0.15, 0.2) is 47.6 Å². The molecule has 2 aromatic rings. The number of aromatic nitrogens is 2. The van der Waals surface area contributed by atoms with Gasteiger partial charge in [-0.1, -0.05) is 6.07 Å². The maximum absolute atomic E-state index is 5.11. The van der Waals surface area contributed by atoms with Crippen LogP contribution in [0.2, 0.25) is 0 Å². The summed E-state index contributed by atoms with van der Waals surface area (Å²) in [7, 11) is 1.63. The van der Waals surface area contributed by atoms with Gasteiger partial charge in [0.1, 0.15) is 11.4 Å². The van der Waals surface area contributed by atoms with Gasteiger partial charge in [0.05, 0.1) is 19.0 Å². The Morgan fingerprint density at radius 1 is 1.25 bits per heavy atom. The normalized spacial score (nSPS) is 10.6. The van der Waals surface area contributed by atoms with Crippen molar-refractivity contribution in [3.63, 3.8) is 0 Å². The lowest BCUT2D eigenvalue weighted by atomic mass is 10.3. The zero-order valence-corrected chi connectivity index (χ0v) is 8.87. The van der Waals surface area contributed by atoms with Crippen molar-refractivity contribution < 1.29 is 4.74 Å². The first kappa shape index (κ1) is 10.3. The topological polar surface area (TPSA) is 47.4 Å². The number of methoxy groups -OCH3 is 1. The second kappa shape index (κ2) is 5.02. The summed E-state index contributed by atoms with van der Waals surface area (Å²) in [6, 6.07) is 11.2. The van der Waals surface area contributed by atoms with Gasteiger partial charge in [-0.3, -0.25) is 4.99 Å². The Morgan fingerprint density at radius 2 is 2.19 bits per heavy atom. The Labute approximate surface area is 93.6 Å². The Balaban J connectivity index is 2.17. The summed E-state index contributed by atoms with van der Waals surface area (Å²) in [5.74, 6) is 0.786. The molecular weight excluding hydrogens is 202 g/mol. The lowest BCUT2D eigenvalue weighted by molar-refractivity contribution is 0.415. The van der Waals surface area contributed by atoms with Crippen molar-refractivity contribution in [1.29, 1.82) is 0 Å². The second-order valence-electron chi connectivity index (χ2n) is 3.11. The van der Waals surface area contributed by atoms with Crippen LogP contribution in [-0.2, 0) is 0 Å². The maximum atomic E-state index is 5.11.